The monoisotopic (exact) mass is 437 g/mol. The van der Waals surface area contributed by atoms with Gasteiger partial charge in [0.2, 0.25) is 5.91 Å². The molecule has 2 fully saturated rings. The molecular formula is C20H21Cl2N3O4. The number of hydrogen-bond donors (Lipinski definition) is 2. The summed E-state index contributed by atoms with van der Waals surface area (Å²) in [5.74, 6) is -2.82. The van der Waals surface area contributed by atoms with Crippen molar-refractivity contribution in [1.29, 1.82) is 0 Å². The Morgan fingerprint density at radius 1 is 1.24 bits per heavy atom. The molecule has 29 heavy (non-hydrogen) atoms. The largest absolute Gasteiger partial charge is 0.481 e. The van der Waals surface area contributed by atoms with Crippen LogP contribution in [-0.4, -0.2) is 39.0 Å². The molecule has 2 aromatic rings. The lowest BCUT2D eigenvalue weighted by atomic mass is 9.78. The molecule has 154 valence electrons. The third-order valence-corrected chi connectivity index (χ3v) is 6.41. The van der Waals surface area contributed by atoms with Gasteiger partial charge in [0.05, 0.1) is 47.7 Å². The second-order valence-electron chi connectivity index (χ2n) is 7.61. The maximum absolute atomic E-state index is 13.0. The molecule has 4 atom stereocenters. The highest BCUT2D eigenvalue weighted by Gasteiger charge is 2.55. The van der Waals surface area contributed by atoms with Gasteiger partial charge < -0.3 is 15.2 Å². The van der Waals surface area contributed by atoms with E-state index >= 15 is 0 Å². The molecule has 4 rings (SSSR count). The van der Waals surface area contributed by atoms with Gasteiger partial charge in [-0.2, -0.15) is 5.10 Å². The van der Waals surface area contributed by atoms with Crippen molar-refractivity contribution in [3.63, 3.8) is 0 Å². The molecule has 2 N–H and O–H groups in total. The molecule has 0 radical (unpaired) electrons. The van der Waals surface area contributed by atoms with E-state index in [1.807, 2.05) is 13.0 Å². The Bertz CT molecular complexity index is 990. The lowest BCUT2D eigenvalue weighted by Gasteiger charge is -2.23. The van der Waals surface area contributed by atoms with Crippen molar-refractivity contribution >= 4 is 40.8 Å². The number of aryl methyl sites for hydroxylation is 1. The molecule has 0 unspecified atom stereocenters. The summed E-state index contributed by atoms with van der Waals surface area (Å²) in [5.41, 5.74) is 2.86. The average Bonchev–Trinajstić information content (AvgIpc) is 3.34. The van der Waals surface area contributed by atoms with Gasteiger partial charge >= 0.3 is 5.97 Å². The zero-order valence-corrected chi connectivity index (χ0v) is 17.5. The average molecular weight is 438 g/mol. The summed E-state index contributed by atoms with van der Waals surface area (Å²) in [6.07, 6.45) is 0.664. The molecule has 1 amide bonds. The number of benzene rings is 1. The number of rotatable bonds is 5. The molecule has 0 saturated carbocycles. The fraction of sp³-hybridized carbons (Fsp3) is 0.450. The van der Waals surface area contributed by atoms with Crippen LogP contribution in [0.3, 0.4) is 0 Å². The number of nitrogens with one attached hydrogen (secondary N) is 1. The van der Waals surface area contributed by atoms with Crippen LogP contribution in [0.1, 0.15) is 29.8 Å². The molecular weight excluding hydrogens is 417 g/mol. The predicted molar refractivity (Wildman–Crippen MR) is 108 cm³/mol. The van der Waals surface area contributed by atoms with E-state index in [1.54, 1.807) is 23.7 Å². The van der Waals surface area contributed by atoms with Crippen molar-refractivity contribution in [2.24, 2.45) is 11.8 Å². The minimum Gasteiger partial charge on any atom is -0.481 e. The van der Waals surface area contributed by atoms with Crippen LogP contribution >= 0.6 is 23.2 Å². The van der Waals surface area contributed by atoms with Crippen molar-refractivity contribution in [3.05, 3.63) is 45.2 Å². The minimum absolute atomic E-state index is 0.333. The number of carboxylic acids is 1. The molecule has 2 aliphatic heterocycles. The van der Waals surface area contributed by atoms with E-state index in [0.717, 1.165) is 11.3 Å². The molecule has 1 aromatic heterocycles. The molecule has 0 aliphatic carbocycles. The zero-order chi connectivity index (χ0) is 20.9. The van der Waals surface area contributed by atoms with Crippen molar-refractivity contribution in [3.8, 4) is 0 Å². The number of hydrogen-bond acceptors (Lipinski definition) is 4. The van der Waals surface area contributed by atoms with Crippen LogP contribution in [0, 0.1) is 25.7 Å². The number of aliphatic carboxylic acids is 1. The standard InChI is InChI=1S/C20H21Cl2N3O4/c1-9-18(10(2)25(24-9)8-11-3-4-12(21)7-13(11)22)23-19(26)16-14-5-6-15(29-14)17(16)20(27)28/h3-4,7,14-17H,5-6,8H2,1-2H3,(H,23,26)(H,27,28)/t14-,15-,16-,17+/m1/s1. The first-order chi connectivity index (χ1) is 13.8. The first-order valence-corrected chi connectivity index (χ1v) is 10.2. The number of aromatic nitrogens is 2. The van der Waals surface area contributed by atoms with E-state index in [4.69, 9.17) is 27.9 Å². The van der Waals surface area contributed by atoms with Crippen LogP contribution in [0.4, 0.5) is 5.69 Å². The number of fused-ring (bicyclic) bond motifs is 2. The van der Waals surface area contributed by atoms with Crippen molar-refractivity contribution in [2.75, 3.05) is 5.32 Å². The van der Waals surface area contributed by atoms with Crippen LogP contribution in [0.25, 0.3) is 0 Å². The molecule has 3 heterocycles. The SMILES string of the molecule is Cc1nn(Cc2ccc(Cl)cc2Cl)c(C)c1NC(=O)[C@H]1[C@@H](C(=O)O)[C@H]2CC[C@H]1O2. The maximum Gasteiger partial charge on any atom is 0.310 e. The van der Waals surface area contributed by atoms with E-state index in [2.05, 4.69) is 10.4 Å². The highest BCUT2D eigenvalue weighted by molar-refractivity contribution is 6.35. The number of carboxylic acid groups (broad SMARTS) is 1. The lowest BCUT2D eigenvalue weighted by molar-refractivity contribution is -0.147. The summed E-state index contributed by atoms with van der Waals surface area (Å²) in [6.45, 7) is 4.08. The zero-order valence-electron chi connectivity index (χ0n) is 16.0. The molecule has 0 spiro atoms. The number of carbonyl (C=O) groups is 2. The van der Waals surface area contributed by atoms with E-state index in [-0.39, 0.29) is 18.1 Å². The number of halogens is 2. The van der Waals surface area contributed by atoms with Crippen molar-refractivity contribution < 1.29 is 19.4 Å². The summed E-state index contributed by atoms with van der Waals surface area (Å²) in [7, 11) is 0. The van der Waals surface area contributed by atoms with E-state index in [1.165, 1.54) is 0 Å². The lowest BCUT2D eigenvalue weighted by Crippen LogP contribution is -2.41. The first-order valence-electron chi connectivity index (χ1n) is 9.43. The summed E-state index contributed by atoms with van der Waals surface area (Å²) in [5, 5.41) is 18.1. The Balaban J connectivity index is 1.55. The van der Waals surface area contributed by atoms with Gasteiger partial charge in [-0.05, 0) is 44.4 Å². The van der Waals surface area contributed by atoms with Crippen molar-refractivity contribution in [1.82, 2.24) is 9.78 Å². The normalized spacial score (nSPS) is 25.4. The molecule has 7 nitrogen and oxygen atoms in total. The third kappa shape index (κ3) is 3.63. The van der Waals surface area contributed by atoms with Gasteiger partial charge in [0.15, 0.2) is 0 Å². The molecule has 2 bridgehead atoms. The topological polar surface area (TPSA) is 93.5 Å². The minimum atomic E-state index is -0.987. The quantitative estimate of drug-likeness (QED) is 0.743. The first kappa shape index (κ1) is 20.2. The Morgan fingerprint density at radius 3 is 2.59 bits per heavy atom. The van der Waals surface area contributed by atoms with Gasteiger partial charge in [0, 0.05) is 10.0 Å². The van der Waals surface area contributed by atoms with Crippen LogP contribution in [0.5, 0.6) is 0 Å². The van der Waals surface area contributed by atoms with Crippen molar-refractivity contribution in [2.45, 2.75) is 45.4 Å². The predicted octanol–water partition coefficient (Wildman–Crippen LogP) is 3.67. The highest BCUT2D eigenvalue weighted by atomic mass is 35.5. The highest BCUT2D eigenvalue weighted by Crippen LogP contribution is 2.44. The number of amides is 1. The number of carbonyl (C=O) groups excluding carboxylic acids is 1. The van der Waals surface area contributed by atoms with E-state index < -0.39 is 17.8 Å². The fourth-order valence-electron chi connectivity index (χ4n) is 4.37. The van der Waals surface area contributed by atoms with Gasteiger partial charge in [-0.1, -0.05) is 29.3 Å². The summed E-state index contributed by atoms with van der Waals surface area (Å²) in [4.78, 5) is 24.6. The van der Waals surface area contributed by atoms with Crippen LogP contribution in [0.15, 0.2) is 18.2 Å². The van der Waals surface area contributed by atoms with Crippen LogP contribution in [-0.2, 0) is 20.9 Å². The van der Waals surface area contributed by atoms with E-state index in [0.29, 0.717) is 40.8 Å². The van der Waals surface area contributed by atoms with Gasteiger partial charge in [-0.3, -0.25) is 14.3 Å². The van der Waals surface area contributed by atoms with Gasteiger partial charge in [-0.15, -0.1) is 0 Å². The maximum atomic E-state index is 13.0. The number of anilines is 1. The fourth-order valence-corrected chi connectivity index (χ4v) is 4.84. The molecule has 2 saturated heterocycles. The van der Waals surface area contributed by atoms with Gasteiger partial charge in [-0.25, -0.2) is 0 Å². The van der Waals surface area contributed by atoms with Gasteiger partial charge in [0.1, 0.15) is 0 Å². The smallest absolute Gasteiger partial charge is 0.310 e. The van der Waals surface area contributed by atoms with Crippen LogP contribution in [0.2, 0.25) is 10.0 Å². The Morgan fingerprint density at radius 2 is 1.93 bits per heavy atom. The second-order valence-corrected chi connectivity index (χ2v) is 8.45. The Hall–Kier alpha value is -2.09. The second kappa shape index (κ2) is 7.63. The van der Waals surface area contributed by atoms with Crippen LogP contribution < -0.4 is 5.32 Å². The summed E-state index contributed by atoms with van der Waals surface area (Å²) >= 11 is 12.2. The number of ether oxygens (including phenoxy) is 1. The number of nitrogens with zero attached hydrogens (tertiary/aromatic N) is 2. The molecule has 9 heteroatoms. The molecule has 1 aromatic carbocycles. The Labute approximate surface area is 177 Å². The molecule has 2 aliphatic rings. The van der Waals surface area contributed by atoms with Gasteiger partial charge in [0.25, 0.3) is 0 Å². The third-order valence-electron chi connectivity index (χ3n) is 5.83. The Kier molecular flexibility index (Phi) is 5.31. The summed E-state index contributed by atoms with van der Waals surface area (Å²) < 4.78 is 7.45. The summed E-state index contributed by atoms with van der Waals surface area (Å²) in [6, 6.07) is 5.27. The van der Waals surface area contributed by atoms with E-state index in [9.17, 15) is 14.7 Å².